The maximum absolute atomic E-state index is 12.5. The molecule has 1 aromatic heterocycles. The summed E-state index contributed by atoms with van der Waals surface area (Å²) in [5, 5.41) is 14.9. The fourth-order valence-electron chi connectivity index (χ4n) is 2.20. The molecule has 0 aliphatic carbocycles. The van der Waals surface area contributed by atoms with E-state index in [1.807, 2.05) is 14.0 Å². The number of hydrogen-bond donors (Lipinski definition) is 2. The molecule has 1 aliphatic heterocycles. The predicted octanol–water partition coefficient (Wildman–Crippen LogP) is -0.259. The Labute approximate surface area is 117 Å². The van der Waals surface area contributed by atoms with Crippen LogP contribution < -0.4 is 0 Å². The van der Waals surface area contributed by atoms with Crippen LogP contribution >= 0.6 is 0 Å². The molecule has 0 saturated carbocycles. The van der Waals surface area contributed by atoms with Crippen molar-refractivity contribution in [3.63, 3.8) is 0 Å². The van der Waals surface area contributed by atoms with E-state index < -0.39 is 21.0 Å². The van der Waals surface area contributed by atoms with Crippen LogP contribution in [0, 0.1) is 6.92 Å². The van der Waals surface area contributed by atoms with Crippen LogP contribution in [0.4, 0.5) is 0 Å². The second-order valence-corrected chi connectivity index (χ2v) is 6.88. The largest absolute Gasteiger partial charge is 0.478 e. The lowest BCUT2D eigenvalue weighted by molar-refractivity contribution is 0.0691. The van der Waals surface area contributed by atoms with E-state index in [4.69, 9.17) is 5.11 Å². The van der Waals surface area contributed by atoms with E-state index in [1.54, 1.807) is 0 Å². The minimum Gasteiger partial charge on any atom is -0.478 e. The highest BCUT2D eigenvalue weighted by Gasteiger charge is 2.36. The first-order chi connectivity index (χ1) is 9.25. The van der Waals surface area contributed by atoms with Crippen LogP contribution in [-0.2, 0) is 10.0 Å². The Morgan fingerprint density at radius 2 is 2.10 bits per heavy atom. The Morgan fingerprint density at radius 1 is 1.45 bits per heavy atom. The van der Waals surface area contributed by atoms with Crippen molar-refractivity contribution in [2.75, 3.05) is 26.7 Å². The van der Waals surface area contributed by atoms with Gasteiger partial charge in [0.2, 0.25) is 5.03 Å². The van der Waals surface area contributed by atoms with Gasteiger partial charge in [0.1, 0.15) is 5.56 Å². The predicted molar refractivity (Wildman–Crippen MR) is 71.1 cm³/mol. The summed E-state index contributed by atoms with van der Waals surface area (Å²) >= 11 is 0. The number of H-pyrrole nitrogens is 1. The number of aromatic nitrogens is 2. The normalized spacial score (nSPS) is 22.1. The van der Waals surface area contributed by atoms with Crippen molar-refractivity contribution in [2.24, 2.45) is 0 Å². The number of hydrogen-bond acceptors (Lipinski definition) is 5. The molecule has 8 nitrogen and oxygen atoms in total. The molecule has 0 amide bonds. The Bertz CT molecular complexity index is 624. The Balaban J connectivity index is 2.39. The van der Waals surface area contributed by atoms with Gasteiger partial charge in [-0.1, -0.05) is 0 Å². The fourth-order valence-corrected chi connectivity index (χ4v) is 3.84. The number of rotatable bonds is 3. The van der Waals surface area contributed by atoms with Gasteiger partial charge in [0.15, 0.2) is 0 Å². The van der Waals surface area contributed by atoms with Gasteiger partial charge in [0.05, 0.1) is 0 Å². The molecule has 9 heteroatoms. The number of piperazine rings is 1. The molecule has 1 atom stereocenters. The zero-order chi connectivity index (χ0) is 15.1. The summed E-state index contributed by atoms with van der Waals surface area (Å²) in [5.74, 6) is -1.29. The molecular weight excluding hydrogens is 284 g/mol. The number of nitrogens with zero attached hydrogens (tertiary/aromatic N) is 3. The molecule has 1 unspecified atom stereocenters. The summed E-state index contributed by atoms with van der Waals surface area (Å²) in [6.45, 7) is 4.67. The average molecular weight is 302 g/mol. The SMILES string of the molecule is Cc1[nH]nc(S(=O)(=O)N2CCN(C)C(C)C2)c1C(=O)O. The van der Waals surface area contributed by atoms with Gasteiger partial charge in [-0.2, -0.15) is 9.40 Å². The fraction of sp³-hybridized carbons (Fsp3) is 0.636. The number of sulfonamides is 1. The quantitative estimate of drug-likeness (QED) is 0.797. The van der Waals surface area contributed by atoms with Crippen molar-refractivity contribution in [2.45, 2.75) is 24.9 Å². The molecule has 1 fully saturated rings. The maximum atomic E-state index is 12.5. The smallest absolute Gasteiger partial charge is 0.340 e. The number of aromatic carboxylic acids is 1. The third-order valence-corrected chi connectivity index (χ3v) is 5.43. The van der Waals surface area contributed by atoms with Crippen LogP contribution in [0.2, 0.25) is 0 Å². The summed E-state index contributed by atoms with van der Waals surface area (Å²) in [6.07, 6.45) is 0. The van der Waals surface area contributed by atoms with Crippen molar-refractivity contribution < 1.29 is 18.3 Å². The molecule has 1 saturated heterocycles. The number of nitrogens with one attached hydrogen (secondary N) is 1. The monoisotopic (exact) mass is 302 g/mol. The lowest BCUT2D eigenvalue weighted by Crippen LogP contribution is -2.52. The van der Waals surface area contributed by atoms with Crippen LogP contribution in [0.1, 0.15) is 23.0 Å². The molecule has 0 aromatic carbocycles. The van der Waals surface area contributed by atoms with Gasteiger partial charge in [-0.05, 0) is 20.9 Å². The molecule has 0 radical (unpaired) electrons. The van der Waals surface area contributed by atoms with Crippen LogP contribution in [0.5, 0.6) is 0 Å². The third kappa shape index (κ3) is 2.43. The number of carboxylic acid groups (broad SMARTS) is 1. The van der Waals surface area contributed by atoms with E-state index in [0.29, 0.717) is 19.6 Å². The first-order valence-electron chi connectivity index (χ1n) is 6.23. The minimum absolute atomic E-state index is 0.0758. The number of likely N-dealkylation sites (N-methyl/N-ethyl adjacent to an activating group) is 1. The van der Waals surface area contributed by atoms with Gasteiger partial charge < -0.3 is 10.0 Å². The molecule has 0 bridgehead atoms. The molecule has 0 spiro atoms. The molecule has 2 rings (SSSR count). The van der Waals surface area contributed by atoms with Crippen molar-refractivity contribution in [3.05, 3.63) is 11.3 Å². The highest BCUT2D eigenvalue weighted by molar-refractivity contribution is 7.89. The van der Waals surface area contributed by atoms with Gasteiger partial charge in [-0.15, -0.1) is 0 Å². The van der Waals surface area contributed by atoms with Crippen molar-refractivity contribution >= 4 is 16.0 Å². The van der Waals surface area contributed by atoms with E-state index in [9.17, 15) is 13.2 Å². The van der Waals surface area contributed by atoms with Crippen LogP contribution in [0.25, 0.3) is 0 Å². The summed E-state index contributed by atoms with van der Waals surface area (Å²) in [7, 11) is -1.96. The Kier molecular flexibility index (Phi) is 3.85. The van der Waals surface area contributed by atoms with Crippen LogP contribution in [0.3, 0.4) is 0 Å². The van der Waals surface area contributed by atoms with Gasteiger partial charge in [0, 0.05) is 31.4 Å². The summed E-state index contributed by atoms with van der Waals surface area (Å²) < 4.78 is 26.4. The first-order valence-corrected chi connectivity index (χ1v) is 7.67. The second kappa shape index (κ2) is 5.15. The molecule has 20 heavy (non-hydrogen) atoms. The van der Waals surface area contributed by atoms with E-state index in [0.717, 1.165) is 0 Å². The van der Waals surface area contributed by atoms with Gasteiger partial charge in [-0.3, -0.25) is 5.10 Å². The molecule has 1 aliphatic rings. The van der Waals surface area contributed by atoms with Crippen LogP contribution in [0.15, 0.2) is 5.03 Å². The number of aromatic amines is 1. The average Bonchev–Trinajstić information content (AvgIpc) is 2.75. The number of carboxylic acids is 1. The highest BCUT2D eigenvalue weighted by atomic mass is 32.2. The lowest BCUT2D eigenvalue weighted by atomic mass is 10.2. The molecule has 1 aromatic rings. The molecule has 2 N–H and O–H groups in total. The number of aryl methyl sites for hydroxylation is 1. The van der Waals surface area contributed by atoms with Crippen molar-refractivity contribution in [1.82, 2.24) is 19.4 Å². The standard InChI is InChI=1S/C11H18N4O4S/c1-7-6-15(5-4-14(7)3)20(18,19)10-9(11(16)17)8(2)12-13-10/h7H,4-6H2,1-3H3,(H,12,13)(H,16,17). The molecule has 112 valence electrons. The van der Waals surface area contributed by atoms with Gasteiger partial charge in [0.25, 0.3) is 10.0 Å². The Morgan fingerprint density at radius 3 is 2.65 bits per heavy atom. The van der Waals surface area contributed by atoms with Gasteiger partial charge >= 0.3 is 5.97 Å². The zero-order valence-electron chi connectivity index (χ0n) is 11.6. The lowest BCUT2D eigenvalue weighted by Gasteiger charge is -2.36. The highest BCUT2D eigenvalue weighted by Crippen LogP contribution is 2.22. The second-order valence-electron chi connectivity index (χ2n) is 5.03. The third-order valence-electron chi connectivity index (χ3n) is 3.63. The van der Waals surface area contributed by atoms with Crippen molar-refractivity contribution in [3.8, 4) is 0 Å². The number of carbonyl (C=O) groups is 1. The summed E-state index contributed by atoms with van der Waals surface area (Å²) in [6, 6.07) is 0.0758. The first kappa shape index (κ1) is 14.9. The van der Waals surface area contributed by atoms with E-state index in [-0.39, 0.29) is 17.3 Å². The maximum Gasteiger partial charge on any atom is 0.340 e. The van der Waals surface area contributed by atoms with E-state index in [1.165, 1.54) is 11.2 Å². The molecule has 2 heterocycles. The summed E-state index contributed by atoms with van der Waals surface area (Å²) in [4.78, 5) is 13.3. The zero-order valence-corrected chi connectivity index (χ0v) is 12.4. The molecular formula is C11H18N4O4S. The minimum atomic E-state index is -3.89. The van der Waals surface area contributed by atoms with E-state index in [2.05, 4.69) is 15.1 Å². The Hall–Kier alpha value is -1.45. The van der Waals surface area contributed by atoms with Crippen molar-refractivity contribution in [1.29, 1.82) is 0 Å². The van der Waals surface area contributed by atoms with Crippen LogP contribution in [-0.4, -0.2) is 71.6 Å². The van der Waals surface area contributed by atoms with Gasteiger partial charge in [-0.25, -0.2) is 13.2 Å². The van der Waals surface area contributed by atoms with E-state index >= 15 is 0 Å². The topological polar surface area (TPSA) is 107 Å². The summed E-state index contributed by atoms with van der Waals surface area (Å²) in [5.41, 5.74) is -0.0465.